The highest BCUT2D eigenvalue weighted by atomic mass is 16.3. The molecule has 0 spiro atoms. The average Bonchev–Trinajstić information content (AvgIpc) is 2.68. The lowest BCUT2D eigenvalue weighted by Gasteiger charge is -2.06. The molecule has 0 fully saturated rings. The smallest absolute Gasteiger partial charge is 0.213 e. The number of aromatic hydroxyl groups is 1. The monoisotopic (exact) mass is 341 g/mol. The molecule has 3 aromatic carbocycles. The summed E-state index contributed by atoms with van der Waals surface area (Å²) in [6.07, 6.45) is 6.13. The van der Waals surface area contributed by atoms with E-state index in [1.165, 1.54) is 5.39 Å². The normalized spacial score (nSPS) is 11.6. The van der Waals surface area contributed by atoms with E-state index in [9.17, 15) is 5.11 Å². The second kappa shape index (κ2) is 6.98. The number of fused-ring (bicyclic) bond motifs is 2. The number of aromatic nitrogens is 1. The lowest BCUT2D eigenvalue weighted by Crippen LogP contribution is -2.37. The number of hydrogen-bond acceptors (Lipinski definition) is 2. The van der Waals surface area contributed by atoms with Crippen molar-refractivity contribution < 1.29 is 9.67 Å². The number of benzene rings is 3. The summed E-state index contributed by atoms with van der Waals surface area (Å²) in [5.74, 6) is 0.290. The third kappa shape index (κ3) is 2.93. The van der Waals surface area contributed by atoms with Crippen LogP contribution in [0, 0.1) is 0 Å². The van der Waals surface area contributed by atoms with Gasteiger partial charge in [-0.2, -0.15) is 4.57 Å². The van der Waals surface area contributed by atoms with Gasteiger partial charge in [0.2, 0.25) is 5.52 Å². The van der Waals surface area contributed by atoms with Crippen molar-refractivity contribution in [1.82, 2.24) is 0 Å². The quantitative estimate of drug-likeness (QED) is 0.549. The highest BCUT2D eigenvalue weighted by molar-refractivity contribution is 5.97. The number of pyridine rings is 1. The maximum atomic E-state index is 10.3. The predicted molar refractivity (Wildman–Crippen MR) is 108 cm³/mol. The number of rotatable bonds is 4. The van der Waals surface area contributed by atoms with E-state index in [0.29, 0.717) is 12.3 Å². The molecule has 0 amide bonds. The number of nitrogens with zero attached hydrogens (tertiary/aromatic N) is 1. The van der Waals surface area contributed by atoms with Crippen molar-refractivity contribution in [3.8, 4) is 5.75 Å². The third-order valence-corrected chi connectivity index (χ3v) is 4.71. The molecule has 0 saturated carbocycles. The fourth-order valence-electron chi connectivity index (χ4n) is 3.42. The largest absolute Gasteiger partial charge is 0.507 e. The van der Waals surface area contributed by atoms with Gasteiger partial charge in [0.05, 0.1) is 11.9 Å². The Kier molecular flexibility index (Phi) is 4.38. The van der Waals surface area contributed by atoms with Crippen LogP contribution in [-0.4, -0.2) is 11.7 Å². The summed E-state index contributed by atoms with van der Waals surface area (Å²) in [6, 6.07) is 22.2. The second-order valence-electron chi connectivity index (χ2n) is 6.32. The second-order valence-corrected chi connectivity index (χ2v) is 6.32. The molecule has 1 heterocycles. The van der Waals surface area contributed by atoms with Gasteiger partial charge in [-0.3, -0.25) is 0 Å². The summed E-state index contributed by atoms with van der Waals surface area (Å²) < 4.78 is 2.17. The Morgan fingerprint density at radius 2 is 1.62 bits per heavy atom. The zero-order chi connectivity index (χ0) is 17.9. The Morgan fingerprint density at radius 3 is 2.46 bits per heavy atom. The van der Waals surface area contributed by atoms with Gasteiger partial charge < -0.3 is 10.8 Å². The predicted octanol–water partition coefficient (Wildman–Crippen LogP) is 4.12. The van der Waals surface area contributed by atoms with E-state index in [1.54, 1.807) is 6.07 Å². The van der Waals surface area contributed by atoms with E-state index in [4.69, 9.17) is 5.73 Å². The van der Waals surface area contributed by atoms with Crippen LogP contribution >= 0.6 is 0 Å². The molecule has 3 N–H and O–H groups in total. The minimum absolute atomic E-state index is 0.290. The molecule has 0 radical (unpaired) electrons. The Bertz CT molecular complexity index is 1120. The highest BCUT2D eigenvalue weighted by Gasteiger charge is 2.10. The lowest BCUT2D eigenvalue weighted by atomic mass is 10.0. The van der Waals surface area contributed by atoms with Crippen LogP contribution in [0.2, 0.25) is 0 Å². The number of para-hydroxylation sites is 1. The first-order valence-corrected chi connectivity index (χ1v) is 8.78. The van der Waals surface area contributed by atoms with Crippen molar-refractivity contribution in [2.75, 3.05) is 6.54 Å². The number of nitrogens with two attached hydrogens (primary N) is 1. The van der Waals surface area contributed by atoms with Gasteiger partial charge in [-0.05, 0) is 28.5 Å². The van der Waals surface area contributed by atoms with Gasteiger partial charge in [0.1, 0.15) is 5.75 Å². The fraction of sp³-hybridized carbons (Fsp3) is 0.0870. The molecule has 0 saturated heterocycles. The van der Waals surface area contributed by atoms with E-state index in [1.807, 2.05) is 42.5 Å². The SMILES string of the molecule is NCC[n+]1ccc(/C=C/c2c(O)ccc3ccccc23)c2ccccc21. The molecule has 0 aliphatic carbocycles. The molecule has 3 nitrogen and oxygen atoms in total. The number of hydrogen-bond donors (Lipinski definition) is 2. The molecule has 4 rings (SSSR count). The minimum atomic E-state index is 0.290. The molecule has 128 valence electrons. The van der Waals surface area contributed by atoms with Gasteiger partial charge in [-0.15, -0.1) is 0 Å². The summed E-state index contributed by atoms with van der Waals surface area (Å²) in [4.78, 5) is 0. The maximum Gasteiger partial charge on any atom is 0.213 e. The molecule has 0 aliphatic rings. The number of phenolic OH excluding ortho intramolecular Hbond substituents is 1. The van der Waals surface area contributed by atoms with Crippen LogP contribution in [0.3, 0.4) is 0 Å². The van der Waals surface area contributed by atoms with Gasteiger partial charge in [-0.25, -0.2) is 0 Å². The van der Waals surface area contributed by atoms with Crippen molar-refractivity contribution in [3.05, 3.63) is 84.1 Å². The summed E-state index contributed by atoms with van der Waals surface area (Å²) in [7, 11) is 0. The van der Waals surface area contributed by atoms with Crippen LogP contribution < -0.4 is 10.3 Å². The molecule has 4 aromatic rings. The maximum absolute atomic E-state index is 10.3. The van der Waals surface area contributed by atoms with Crippen LogP contribution in [0.15, 0.2) is 72.9 Å². The molecule has 0 atom stereocenters. The van der Waals surface area contributed by atoms with E-state index in [2.05, 4.69) is 41.1 Å². The van der Waals surface area contributed by atoms with Gasteiger partial charge in [0.25, 0.3) is 0 Å². The minimum Gasteiger partial charge on any atom is -0.507 e. The van der Waals surface area contributed by atoms with Crippen LogP contribution in [0.25, 0.3) is 33.8 Å². The lowest BCUT2D eigenvalue weighted by molar-refractivity contribution is -0.668. The Hall–Kier alpha value is -3.17. The first-order chi connectivity index (χ1) is 12.8. The Labute approximate surface area is 152 Å². The first kappa shape index (κ1) is 16.3. The van der Waals surface area contributed by atoms with Crippen molar-refractivity contribution in [2.45, 2.75) is 6.54 Å². The topological polar surface area (TPSA) is 50.1 Å². The van der Waals surface area contributed by atoms with Crippen molar-refractivity contribution >= 4 is 33.8 Å². The highest BCUT2D eigenvalue weighted by Crippen LogP contribution is 2.29. The molecule has 1 aromatic heterocycles. The van der Waals surface area contributed by atoms with Gasteiger partial charge in [-0.1, -0.05) is 54.6 Å². The van der Waals surface area contributed by atoms with E-state index in [0.717, 1.165) is 34.0 Å². The average molecular weight is 341 g/mol. The fourth-order valence-corrected chi connectivity index (χ4v) is 3.42. The molecule has 0 aliphatic heterocycles. The summed E-state index contributed by atoms with van der Waals surface area (Å²) >= 11 is 0. The summed E-state index contributed by atoms with van der Waals surface area (Å²) in [5, 5.41) is 13.7. The van der Waals surface area contributed by atoms with Gasteiger partial charge >= 0.3 is 0 Å². The zero-order valence-corrected chi connectivity index (χ0v) is 14.5. The van der Waals surface area contributed by atoms with Crippen molar-refractivity contribution in [3.63, 3.8) is 0 Å². The zero-order valence-electron chi connectivity index (χ0n) is 14.5. The van der Waals surface area contributed by atoms with E-state index < -0.39 is 0 Å². The third-order valence-electron chi connectivity index (χ3n) is 4.71. The molecular formula is C23H21N2O+. The number of phenols is 1. The van der Waals surface area contributed by atoms with Crippen molar-refractivity contribution in [1.29, 1.82) is 0 Å². The molecule has 3 heteroatoms. The Morgan fingerprint density at radius 1 is 0.846 bits per heavy atom. The molecule has 0 bridgehead atoms. The van der Waals surface area contributed by atoms with Gasteiger partial charge in [0.15, 0.2) is 12.7 Å². The summed E-state index contributed by atoms with van der Waals surface area (Å²) in [5.41, 5.74) is 8.84. The van der Waals surface area contributed by atoms with Crippen LogP contribution in [-0.2, 0) is 6.54 Å². The molecule has 0 unspecified atom stereocenters. The van der Waals surface area contributed by atoms with Crippen LogP contribution in [0.1, 0.15) is 11.1 Å². The van der Waals surface area contributed by atoms with Crippen LogP contribution in [0.4, 0.5) is 0 Å². The van der Waals surface area contributed by atoms with Gasteiger partial charge in [0, 0.05) is 17.7 Å². The van der Waals surface area contributed by atoms with Crippen LogP contribution in [0.5, 0.6) is 5.75 Å². The summed E-state index contributed by atoms with van der Waals surface area (Å²) in [6.45, 7) is 1.39. The van der Waals surface area contributed by atoms with Crippen molar-refractivity contribution in [2.24, 2.45) is 5.73 Å². The first-order valence-electron chi connectivity index (χ1n) is 8.78. The Balaban J connectivity index is 1.84. The van der Waals surface area contributed by atoms with E-state index in [-0.39, 0.29) is 0 Å². The molecule has 26 heavy (non-hydrogen) atoms. The standard InChI is InChI=1S/C23H20N2O/c24-14-16-25-15-13-18(20-7-3-4-8-22(20)25)9-11-21-19-6-2-1-5-17(19)10-12-23(21)26/h1-13,15H,14,16,24H2/p+1. The van der Waals surface area contributed by atoms with E-state index >= 15 is 0 Å². The molecular weight excluding hydrogens is 320 g/mol.